The highest BCUT2D eigenvalue weighted by atomic mass is 16.1. The Morgan fingerprint density at radius 2 is 2.04 bits per heavy atom. The Labute approximate surface area is 148 Å². The molecule has 0 radical (unpaired) electrons. The summed E-state index contributed by atoms with van der Waals surface area (Å²) in [5, 5.41) is 6.51. The summed E-state index contributed by atoms with van der Waals surface area (Å²) >= 11 is 0. The van der Waals surface area contributed by atoms with Gasteiger partial charge in [0.1, 0.15) is 11.6 Å². The van der Waals surface area contributed by atoms with Crippen molar-refractivity contribution < 1.29 is 4.79 Å². The van der Waals surface area contributed by atoms with E-state index in [4.69, 9.17) is 0 Å². The van der Waals surface area contributed by atoms with Crippen LogP contribution in [0.4, 0.5) is 5.82 Å². The number of aromatic nitrogens is 2. The van der Waals surface area contributed by atoms with E-state index >= 15 is 0 Å². The number of benzene rings is 1. The molecule has 5 heteroatoms. The molecule has 4 rings (SSSR count). The second-order valence-corrected chi connectivity index (χ2v) is 7.05. The molecule has 2 aliphatic rings. The Balaban J connectivity index is 1.48. The first-order chi connectivity index (χ1) is 12.2. The van der Waals surface area contributed by atoms with E-state index in [1.54, 1.807) is 0 Å². The van der Waals surface area contributed by atoms with E-state index < -0.39 is 0 Å². The fourth-order valence-electron chi connectivity index (χ4n) is 3.37. The minimum absolute atomic E-state index is 0.0274. The molecule has 0 atom stereocenters. The van der Waals surface area contributed by atoms with E-state index in [1.807, 2.05) is 31.2 Å². The second-order valence-electron chi connectivity index (χ2n) is 7.05. The van der Waals surface area contributed by atoms with Gasteiger partial charge in [-0.05, 0) is 63.1 Å². The summed E-state index contributed by atoms with van der Waals surface area (Å²) in [4.78, 5) is 21.4. The molecule has 1 aromatic carbocycles. The van der Waals surface area contributed by atoms with Crippen LogP contribution < -0.4 is 10.6 Å². The molecule has 0 bridgehead atoms. The fraction of sp³-hybridized carbons (Fsp3) is 0.450. The van der Waals surface area contributed by atoms with E-state index in [9.17, 15) is 4.79 Å². The van der Waals surface area contributed by atoms with Crippen molar-refractivity contribution in [2.75, 3.05) is 5.32 Å². The molecule has 1 aromatic heterocycles. The van der Waals surface area contributed by atoms with Crippen LogP contribution in [0.2, 0.25) is 0 Å². The van der Waals surface area contributed by atoms with E-state index in [1.165, 1.54) is 24.1 Å². The molecule has 25 heavy (non-hydrogen) atoms. The van der Waals surface area contributed by atoms with Crippen LogP contribution in [-0.2, 0) is 19.4 Å². The number of hydrogen-bond acceptors (Lipinski definition) is 4. The lowest BCUT2D eigenvalue weighted by molar-refractivity contribution is 0.0951. The van der Waals surface area contributed by atoms with Crippen LogP contribution in [0.25, 0.3) is 0 Å². The summed E-state index contributed by atoms with van der Waals surface area (Å²) in [5.74, 6) is 1.80. The van der Waals surface area contributed by atoms with E-state index in [0.29, 0.717) is 12.6 Å². The zero-order chi connectivity index (χ0) is 17.2. The number of fused-ring (bicyclic) bond motifs is 1. The van der Waals surface area contributed by atoms with Gasteiger partial charge in [-0.3, -0.25) is 4.79 Å². The number of nitrogens with zero attached hydrogens (tertiary/aromatic N) is 2. The molecule has 0 saturated heterocycles. The van der Waals surface area contributed by atoms with E-state index in [-0.39, 0.29) is 5.91 Å². The van der Waals surface area contributed by atoms with Gasteiger partial charge >= 0.3 is 0 Å². The summed E-state index contributed by atoms with van der Waals surface area (Å²) in [6.45, 7) is 2.61. The first-order valence-electron chi connectivity index (χ1n) is 9.19. The van der Waals surface area contributed by atoms with Crippen LogP contribution in [0.3, 0.4) is 0 Å². The number of aryl methyl sites for hydroxylation is 2. The number of rotatable bonds is 5. The minimum Gasteiger partial charge on any atom is -0.366 e. The molecule has 5 nitrogen and oxygen atoms in total. The Bertz CT molecular complexity index is 798. The monoisotopic (exact) mass is 336 g/mol. The van der Waals surface area contributed by atoms with Crippen molar-refractivity contribution in [3.05, 3.63) is 52.5 Å². The third-order valence-electron chi connectivity index (χ3n) is 4.86. The summed E-state index contributed by atoms with van der Waals surface area (Å²) in [5.41, 5.74) is 4.27. The summed E-state index contributed by atoms with van der Waals surface area (Å²) in [6.07, 6.45) is 6.70. The average Bonchev–Trinajstić information content (AvgIpc) is 3.43. The topological polar surface area (TPSA) is 66.9 Å². The number of carbonyl (C=O) groups is 1. The predicted molar refractivity (Wildman–Crippen MR) is 97.7 cm³/mol. The van der Waals surface area contributed by atoms with Crippen molar-refractivity contribution >= 4 is 11.7 Å². The van der Waals surface area contributed by atoms with E-state index in [2.05, 4.69) is 20.6 Å². The summed E-state index contributed by atoms with van der Waals surface area (Å²) in [7, 11) is 0. The zero-order valence-corrected chi connectivity index (χ0v) is 14.6. The van der Waals surface area contributed by atoms with Crippen molar-refractivity contribution in [3.63, 3.8) is 0 Å². The van der Waals surface area contributed by atoms with Gasteiger partial charge in [-0.15, -0.1) is 0 Å². The number of anilines is 1. The van der Waals surface area contributed by atoms with Gasteiger partial charge in [-0.2, -0.15) is 0 Å². The lowest BCUT2D eigenvalue weighted by Gasteiger charge is -2.19. The Morgan fingerprint density at radius 1 is 1.20 bits per heavy atom. The van der Waals surface area contributed by atoms with Crippen LogP contribution >= 0.6 is 0 Å². The molecule has 2 aliphatic carbocycles. The van der Waals surface area contributed by atoms with Gasteiger partial charge in [0, 0.05) is 29.4 Å². The first kappa shape index (κ1) is 16.1. The van der Waals surface area contributed by atoms with E-state index in [0.717, 1.165) is 48.5 Å². The third kappa shape index (κ3) is 3.81. The Hall–Kier alpha value is -2.43. The molecule has 0 aliphatic heterocycles. The molecular weight excluding hydrogens is 312 g/mol. The van der Waals surface area contributed by atoms with Crippen molar-refractivity contribution in [1.29, 1.82) is 0 Å². The normalized spacial score (nSPS) is 16.2. The number of hydrogen-bond donors (Lipinski definition) is 2. The van der Waals surface area contributed by atoms with Gasteiger partial charge in [-0.25, -0.2) is 9.97 Å². The van der Waals surface area contributed by atoms with Crippen molar-refractivity contribution in [2.45, 2.75) is 58.0 Å². The third-order valence-corrected chi connectivity index (χ3v) is 4.86. The maximum Gasteiger partial charge on any atom is 0.251 e. The lowest BCUT2D eigenvalue weighted by Crippen LogP contribution is -2.25. The molecule has 1 heterocycles. The van der Waals surface area contributed by atoms with Crippen LogP contribution in [0, 0.1) is 6.92 Å². The van der Waals surface area contributed by atoms with Crippen molar-refractivity contribution in [2.24, 2.45) is 0 Å². The smallest absolute Gasteiger partial charge is 0.251 e. The summed E-state index contributed by atoms with van der Waals surface area (Å²) in [6, 6.07) is 8.20. The van der Waals surface area contributed by atoms with Crippen LogP contribution in [0.5, 0.6) is 0 Å². The molecule has 1 fully saturated rings. The van der Waals surface area contributed by atoms with Gasteiger partial charge in [0.15, 0.2) is 0 Å². The molecular formula is C20H24N4O. The highest BCUT2D eigenvalue weighted by molar-refractivity contribution is 5.94. The minimum atomic E-state index is 0.0274. The maximum absolute atomic E-state index is 12.2. The van der Waals surface area contributed by atoms with Crippen LogP contribution in [-0.4, -0.2) is 21.9 Å². The van der Waals surface area contributed by atoms with Crippen molar-refractivity contribution in [3.8, 4) is 0 Å². The molecule has 0 unspecified atom stereocenters. The molecule has 1 saturated carbocycles. The van der Waals surface area contributed by atoms with Gasteiger partial charge in [0.05, 0.1) is 0 Å². The van der Waals surface area contributed by atoms with Crippen molar-refractivity contribution in [1.82, 2.24) is 15.3 Å². The molecule has 130 valence electrons. The number of amides is 1. The maximum atomic E-state index is 12.2. The predicted octanol–water partition coefficient (Wildman–Crippen LogP) is 3.17. The number of carbonyl (C=O) groups excluding carboxylic acids is 1. The fourth-order valence-corrected chi connectivity index (χ4v) is 3.37. The zero-order valence-electron chi connectivity index (χ0n) is 14.6. The van der Waals surface area contributed by atoms with Gasteiger partial charge in [-0.1, -0.05) is 12.1 Å². The highest BCUT2D eigenvalue weighted by Gasteiger charge is 2.23. The highest BCUT2D eigenvalue weighted by Crippen LogP contribution is 2.26. The quantitative estimate of drug-likeness (QED) is 0.880. The second kappa shape index (κ2) is 6.82. The summed E-state index contributed by atoms with van der Waals surface area (Å²) < 4.78 is 0. The van der Waals surface area contributed by atoms with Crippen LogP contribution in [0.1, 0.15) is 58.7 Å². The first-order valence-corrected chi connectivity index (χ1v) is 9.19. The van der Waals surface area contributed by atoms with Crippen LogP contribution in [0.15, 0.2) is 24.3 Å². The average molecular weight is 336 g/mol. The number of nitrogens with one attached hydrogen (secondary N) is 2. The molecule has 2 N–H and O–H groups in total. The Morgan fingerprint density at radius 3 is 2.88 bits per heavy atom. The van der Waals surface area contributed by atoms with Gasteiger partial charge in [0.25, 0.3) is 5.91 Å². The lowest BCUT2D eigenvalue weighted by atomic mass is 9.96. The molecule has 0 spiro atoms. The largest absolute Gasteiger partial charge is 0.366 e. The standard InChI is InChI=1S/C20H24N4O/c1-13-22-18-8-3-2-7-17(18)19(23-13)21-12-14-5-4-6-15(11-14)20(25)24-16-9-10-16/h4-6,11,16H,2-3,7-10,12H2,1H3,(H,24,25)(H,21,22,23). The van der Waals surface area contributed by atoms with Gasteiger partial charge < -0.3 is 10.6 Å². The Kier molecular flexibility index (Phi) is 4.38. The SMILES string of the molecule is Cc1nc2c(c(NCc3cccc(C(=O)NC4CC4)c3)n1)CCCC2. The molecule has 2 aromatic rings. The molecule has 1 amide bonds. The van der Waals surface area contributed by atoms with Gasteiger partial charge in [0.2, 0.25) is 0 Å².